The second-order valence-electron chi connectivity index (χ2n) is 26.7. The third kappa shape index (κ3) is 39.2. The molecule has 19 nitrogen and oxygen atoms in total. The van der Waals surface area contributed by atoms with Crippen molar-refractivity contribution in [3.8, 4) is 0 Å². The topological polar surface area (TPSA) is 307 Å². The smallest absolute Gasteiger partial charge is 0.220 e. The predicted octanol–water partition coefficient (Wildman–Crippen LogP) is 11.8. The van der Waals surface area contributed by atoms with E-state index in [-0.39, 0.29) is 18.9 Å². The van der Waals surface area contributed by atoms with Gasteiger partial charge in [-0.3, -0.25) is 4.79 Å². The first-order valence-electron chi connectivity index (χ1n) is 38.1. The van der Waals surface area contributed by atoms with Crippen LogP contribution in [0, 0.1) is 0 Å². The molecule has 0 saturated carbocycles. The number of carbonyl (C=O) groups is 1. The van der Waals surface area contributed by atoms with Gasteiger partial charge in [-0.15, -0.1) is 0 Å². The van der Waals surface area contributed by atoms with Crippen molar-refractivity contribution in [2.24, 2.45) is 0 Å². The molecule has 0 aromatic rings. The molecule has 1 amide bonds. The average Bonchev–Trinajstić information content (AvgIpc) is 0.784. The highest BCUT2D eigenvalue weighted by atomic mass is 16.8. The van der Waals surface area contributed by atoms with E-state index in [4.69, 9.17) is 28.4 Å². The van der Waals surface area contributed by atoms with Gasteiger partial charge < -0.3 is 89.9 Å². The number of unbranched alkanes of at least 4 members (excludes halogenated alkanes) is 26. The Labute approximate surface area is 589 Å². The van der Waals surface area contributed by atoms with Crippen molar-refractivity contribution in [1.29, 1.82) is 0 Å². The predicted molar refractivity (Wildman–Crippen MR) is 387 cm³/mol. The van der Waals surface area contributed by atoms with Crippen LogP contribution in [0.2, 0.25) is 0 Å². The quantitative estimate of drug-likeness (QED) is 0.0199. The number of rotatable bonds is 58. The molecule has 3 aliphatic rings. The number of hydrogen-bond donors (Lipinski definition) is 12. The van der Waals surface area contributed by atoms with Crippen LogP contribution in [-0.4, -0.2) is 193 Å². The fraction of sp³-hybridized carbons (Fsp3) is 0.759. The third-order valence-corrected chi connectivity index (χ3v) is 18.3. The Morgan fingerprint density at radius 3 is 1.10 bits per heavy atom. The lowest BCUT2D eigenvalue weighted by atomic mass is 9.96. The van der Waals surface area contributed by atoms with Crippen LogP contribution in [0.3, 0.4) is 0 Å². The maximum absolute atomic E-state index is 13.4. The Bertz CT molecular complexity index is 2200. The summed E-state index contributed by atoms with van der Waals surface area (Å²) in [6.45, 7) is 1.61. The van der Waals surface area contributed by atoms with E-state index in [2.05, 4.69) is 116 Å². The van der Waals surface area contributed by atoms with Gasteiger partial charge in [-0.1, -0.05) is 271 Å². The summed E-state index contributed by atoms with van der Waals surface area (Å²) in [4.78, 5) is 13.4. The van der Waals surface area contributed by atoms with E-state index in [1.54, 1.807) is 6.08 Å². The summed E-state index contributed by atoms with van der Waals surface area (Å²) in [7, 11) is 0. The zero-order valence-electron chi connectivity index (χ0n) is 60.0. The first-order chi connectivity index (χ1) is 47.8. The van der Waals surface area contributed by atoms with Gasteiger partial charge >= 0.3 is 0 Å². The Balaban J connectivity index is 1.43. The lowest BCUT2D eigenvalue weighted by Crippen LogP contribution is -2.66. The number of amides is 1. The molecule has 19 heteroatoms. The van der Waals surface area contributed by atoms with Crippen LogP contribution < -0.4 is 5.32 Å². The molecule has 3 aliphatic heterocycles. The molecular weight excluding hydrogens is 1250 g/mol. The normalized spacial score (nSPS) is 27.4. The van der Waals surface area contributed by atoms with Crippen LogP contribution in [0.15, 0.2) is 109 Å². The Kier molecular flexibility index (Phi) is 53.3. The Hall–Kier alpha value is -3.55. The van der Waals surface area contributed by atoms with E-state index in [0.717, 1.165) is 103 Å². The summed E-state index contributed by atoms with van der Waals surface area (Å²) in [6, 6.07) is -0.997. The second-order valence-corrected chi connectivity index (χ2v) is 26.7. The van der Waals surface area contributed by atoms with Gasteiger partial charge in [0.1, 0.15) is 73.2 Å². The second kappa shape index (κ2) is 58.9. The third-order valence-electron chi connectivity index (χ3n) is 18.3. The van der Waals surface area contributed by atoms with E-state index >= 15 is 0 Å². The molecule has 0 aliphatic carbocycles. The summed E-state index contributed by atoms with van der Waals surface area (Å²) < 4.78 is 34.4. The van der Waals surface area contributed by atoms with Crippen LogP contribution in [-0.2, 0) is 33.2 Å². The average molecular weight is 1390 g/mol. The summed E-state index contributed by atoms with van der Waals surface area (Å²) in [6.07, 6.45) is 53.4. The van der Waals surface area contributed by atoms with Gasteiger partial charge in [-0.2, -0.15) is 0 Å². The van der Waals surface area contributed by atoms with Gasteiger partial charge in [0.2, 0.25) is 5.91 Å². The highest BCUT2D eigenvalue weighted by Crippen LogP contribution is 2.33. The fourth-order valence-electron chi connectivity index (χ4n) is 12.2. The largest absolute Gasteiger partial charge is 0.394 e. The van der Waals surface area contributed by atoms with Crippen molar-refractivity contribution in [3.63, 3.8) is 0 Å². The van der Waals surface area contributed by atoms with E-state index in [1.165, 1.54) is 122 Å². The van der Waals surface area contributed by atoms with Gasteiger partial charge in [-0.25, -0.2) is 0 Å². The lowest BCUT2D eigenvalue weighted by Gasteiger charge is -2.48. The molecule has 3 rings (SSSR count). The molecule has 0 aromatic carbocycles. The van der Waals surface area contributed by atoms with Crippen molar-refractivity contribution in [3.05, 3.63) is 109 Å². The van der Waals surface area contributed by atoms with Crippen LogP contribution in [0.4, 0.5) is 0 Å². The summed E-state index contributed by atoms with van der Waals surface area (Å²) in [5.41, 5.74) is 0. The molecular formula is C79H135NO18. The minimum Gasteiger partial charge on any atom is -0.394 e. The van der Waals surface area contributed by atoms with Crippen LogP contribution in [0.1, 0.15) is 251 Å². The first-order valence-corrected chi connectivity index (χ1v) is 38.1. The molecule has 0 aromatic heterocycles. The number of aliphatic hydroxyl groups excluding tert-OH is 11. The van der Waals surface area contributed by atoms with E-state index < -0.39 is 124 Å². The molecule has 0 spiro atoms. The maximum atomic E-state index is 13.4. The number of hydrogen-bond acceptors (Lipinski definition) is 18. The molecule has 564 valence electrons. The molecule has 17 unspecified atom stereocenters. The number of carbonyl (C=O) groups excluding carboxylic acids is 1. The lowest BCUT2D eigenvalue weighted by molar-refractivity contribution is -0.379. The van der Waals surface area contributed by atoms with Crippen molar-refractivity contribution in [2.45, 2.75) is 356 Å². The van der Waals surface area contributed by atoms with E-state index in [1.807, 2.05) is 6.08 Å². The van der Waals surface area contributed by atoms with Crippen LogP contribution in [0.25, 0.3) is 0 Å². The molecule has 98 heavy (non-hydrogen) atoms. The highest BCUT2D eigenvalue weighted by molar-refractivity contribution is 5.76. The molecule has 3 fully saturated rings. The summed E-state index contributed by atoms with van der Waals surface area (Å²) in [5, 5.41) is 121. The van der Waals surface area contributed by atoms with Crippen LogP contribution >= 0.6 is 0 Å². The highest BCUT2D eigenvalue weighted by Gasteiger charge is 2.53. The van der Waals surface area contributed by atoms with Crippen molar-refractivity contribution < 1.29 is 89.4 Å². The first kappa shape index (κ1) is 88.7. The van der Waals surface area contributed by atoms with Crippen molar-refractivity contribution in [2.75, 3.05) is 26.4 Å². The Morgan fingerprint density at radius 1 is 0.378 bits per heavy atom. The van der Waals surface area contributed by atoms with Crippen molar-refractivity contribution >= 4 is 5.91 Å². The fourth-order valence-corrected chi connectivity index (χ4v) is 12.2. The van der Waals surface area contributed by atoms with Gasteiger partial charge in [0.05, 0.1) is 38.6 Å². The number of aliphatic hydroxyl groups is 11. The molecule has 17 atom stereocenters. The molecule has 12 N–H and O–H groups in total. The SMILES string of the molecule is CC/C=C\C/C=C\C/C=C\C/C=C\C/C=C\C/C=C\C/C=C\C/C=C\CCCCCCC(=O)NC(COC1OC(CO)C(OC2OC(CO)C(OC3OC(CO)C(O)C(O)C3O)C(O)C2O)C(O)C1O)C(O)/C=C/CCCCCCCCCCCCCCCCCCCCCCCC. The van der Waals surface area contributed by atoms with Gasteiger partial charge in [0.15, 0.2) is 18.9 Å². The van der Waals surface area contributed by atoms with Crippen LogP contribution in [0.5, 0.6) is 0 Å². The minimum absolute atomic E-state index is 0.207. The van der Waals surface area contributed by atoms with Gasteiger partial charge in [-0.05, 0) is 83.5 Å². The van der Waals surface area contributed by atoms with Crippen molar-refractivity contribution in [1.82, 2.24) is 5.32 Å². The van der Waals surface area contributed by atoms with E-state index in [9.17, 15) is 61.0 Å². The maximum Gasteiger partial charge on any atom is 0.220 e. The number of allylic oxidation sites excluding steroid dienone is 17. The summed E-state index contributed by atoms with van der Waals surface area (Å²) >= 11 is 0. The standard InChI is InChI=1S/C79H135NO18/c1-3-5-7-9-11-13-15-17-19-21-23-25-27-29-30-31-32-33-35-37-39-41-43-45-47-49-51-53-55-57-67(85)80-62(63(84)56-54-52-50-48-46-44-42-40-38-36-34-28-26-24-22-20-18-16-14-12-10-8-6-4-2)61-93-77-73(91)70(88)75(65(59-82)95-77)98-79-74(92)71(89)76(66(60-83)96-79)97-78-72(90)69(87)68(86)64(58-81)94-78/h5,7,11,13,17,19,23,25,29-30,32-33,37,39,43,45,54,56,62-66,68-79,81-84,86-92H,3-4,6,8-10,12,14-16,18,20-22,24,26-28,31,34-36,38,40-42,44,46-53,55,57-61H2,1-2H3,(H,80,85)/b7-5-,13-11-,19-17-,25-23-,30-29-,33-32-,39-37-,45-43-,56-54+. The minimum atomic E-state index is -1.99. The Morgan fingerprint density at radius 2 is 0.704 bits per heavy atom. The van der Waals surface area contributed by atoms with Gasteiger partial charge in [0.25, 0.3) is 0 Å². The van der Waals surface area contributed by atoms with E-state index in [0.29, 0.717) is 6.42 Å². The zero-order valence-corrected chi connectivity index (χ0v) is 60.0. The summed E-state index contributed by atoms with van der Waals surface area (Å²) in [5.74, 6) is -0.302. The molecule has 0 radical (unpaired) electrons. The number of nitrogens with one attached hydrogen (secondary N) is 1. The zero-order chi connectivity index (χ0) is 71.1. The van der Waals surface area contributed by atoms with Gasteiger partial charge in [0, 0.05) is 6.42 Å². The molecule has 3 heterocycles. The molecule has 3 saturated heterocycles. The monoisotopic (exact) mass is 1390 g/mol. The molecule has 0 bridgehead atoms. The number of ether oxygens (including phenoxy) is 6.